The maximum absolute atomic E-state index is 11.3. The summed E-state index contributed by atoms with van der Waals surface area (Å²) in [5.74, 6) is 0.225. The minimum absolute atomic E-state index is 0.151. The summed E-state index contributed by atoms with van der Waals surface area (Å²) in [6.45, 7) is 3.05. The highest BCUT2D eigenvalue weighted by Crippen LogP contribution is 2.27. The maximum atomic E-state index is 11.3. The molecule has 0 aliphatic carbocycles. The zero-order chi connectivity index (χ0) is 14.0. The summed E-state index contributed by atoms with van der Waals surface area (Å²) < 4.78 is 4.98. The van der Waals surface area contributed by atoms with Crippen LogP contribution in [0.1, 0.15) is 23.0 Å². The molecule has 1 N–H and O–H groups in total. The molecule has 19 heavy (non-hydrogen) atoms. The number of benzene rings is 1. The first-order valence-electron chi connectivity index (χ1n) is 5.53. The van der Waals surface area contributed by atoms with Crippen molar-refractivity contribution in [1.29, 1.82) is 0 Å². The topological polar surface area (TPSA) is 72.2 Å². The van der Waals surface area contributed by atoms with Gasteiger partial charge < -0.3 is 9.84 Å². The van der Waals surface area contributed by atoms with Crippen LogP contribution in [-0.4, -0.2) is 16.3 Å². The van der Waals surface area contributed by atoms with Crippen LogP contribution in [0.15, 0.2) is 28.8 Å². The number of carbonyl (C=O) groups is 2. The van der Waals surface area contributed by atoms with E-state index in [0.717, 1.165) is 0 Å². The molecule has 0 aliphatic heterocycles. The van der Waals surface area contributed by atoms with Crippen LogP contribution in [0.2, 0.25) is 0 Å². The van der Waals surface area contributed by atoms with Crippen LogP contribution in [0.4, 0.5) is 5.69 Å². The quantitative estimate of drug-likeness (QED) is 0.876. The van der Waals surface area contributed by atoms with Gasteiger partial charge in [0.15, 0.2) is 0 Å². The van der Waals surface area contributed by atoms with Gasteiger partial charge in [0.2, 0.25) is 5.91 Å². The molecule has 0 aliphatic rings. The third-order valence-corrected chi connectivity index (χ3v) is 2.73. The summed E-state index contributed by atoms with van der Waals surface area (Å²) in [4.78, 5) is 22.3. The fourth-order valence-corrected chi connectivity index (χ4v) is 1.94. The predicted octanol–water partition coefficient (Wildman–Crippen LogP) is 2.99. The summed E-state index contributed by atoms with van der Waals surface area (Å²) in [7, 11) is 0. The molecule has 0 spiro atoms. The monoisotopic (exact) mass is 278 g/mol. The van der Waals surface area contributed by atoms with Crippen molar-refractivity contribution in [2.24, 2.45) is 0 Å². The molecular weight excluding hydrogens is 268 g/mol. The molecule has 1 aromatic heterocycles. The molecular formula is C13H11ClN2O3. The molecule has 5 nitrogen and oxygen atoms in total. The Labute approximate surface area is 114 Å². The number of nitrogens with zero attached hydrogens (tertiary/aromatic N) is 1. The number of anilines is 1. The van der Waals surface area contributed by atoms with Gasteiger partial charge in [-0.1, -0.05) is 17.3 Å². The Balaban J connectivity index is 2.37. The van der Waals surface area contributed by atoms with Crippen LogP contribution < -0.4 is 5.32 Å². The molecule has 2 rings (SSSR count). The fraction of sp³-hybridized carbons (Fsp3) is 0.154. The number of halogens is 1. The summed E-state index contributed by atoms with van der Waals surface area (Å²) in [6.07, 6.45) is 0. The average Bonchev–Trinajstić information content (AvgIpc) is 2.71. The lowest BCUT2D eigenvalue weighted by Crippen LogP contribution is -2.05. The average molecular weight is 279 g/mol. The zero-order valence-corrected chi connectivity index (χ0v) is 11.1. The number of aromatic nitrogens is 1. The number of carbonyl (C=O) groups excluding carboxylic acids is 2. The number of nitrogens with one attached hydrogen (secondary N) is 1. The molecule has 0 atom stereocenters. The van der Waals surface area contributed by atoms with Gasteiger partial charge >= 0.3 is 0 Å². The van der Waals surface area contributed by atoms with E-state index in [1.165, 1.54) is 6.92 Å². The standard InChI is InChI=1S/C13H11ClN2O3/c1-7-11(13(14)18)12(16-19-7)9-3-5-10(6-4-9)15-8(2)17/h3-6H,1-2H3,(H,15,17). The SMILES string of the molecule is CC(=O)Nc1ccc(-c2noc(C)c2C(=O)Cl)cc1. The van der Waals surface area contributed by atoms with Crippen molar-refractivity contribution in [3.63, 3.8) is 0 Å². The lowest BCUT2D eigenvalue weighted by atomic mass is 10.1. The maximum Gasteiger partial charge on any atom is 0.258 e. The van der Waals surface area contributed by atoms with E-state index in [4.69, 9.17) is 16.1 Å². The molecule has 1 amide bonds. The summed E-state index contributed by atoms with van der Waals surface area (Å²) in [5.41, 5.74) is 2.01. The molecule has 2 aromatic rings. The highest BCUT2D eigenvalue weighted by Gasteiger charge is 2.19. The van der Waals surface area contributed by atoms with Crippen molar-refractivity contribution in [3.8, 4) is 11.3 Å². The Kier molecular flexibility index (Phi) is 3.66. The first-order valence-corrected chi connectivity index (χ1v) is 5.91. The molecule has 0 unspecified atom stereocenters. The molecule has 0 fully saturated rings. The summed E-state index contributed by atoms with van der Waals surface area (Å²) in [5, 5.41) is 5.87. The normalized spacial score (nSPS) is 10.3. The minimum Gasteiger partial charge on any atom is -0.360 e. The van der Waals surface area contributed by atoms with E-state index in [2.05, 4.69) is 10.5 Å². The van der Waals surface area contributed by atoms with E-state index in [-0.39, 0.29) is 11.5 Å². The molecule has 98 valence electrons. The molecule has 0 bridgehead atoms. The number of amides is 1. The first kappa shape index (κ1) is 13.3. The van der Waals surface area contributed by atoms with Crippen LogP contribution in [0.5, 0.6) is 0 Å². The predicted molar refractivity (Wildman–Crippen MR) is 71.2 cm³/mol. The Bertz CT molecular complexity index is 632. The van der Waals surface area contributed by atoms with Gasteiger partial charge in [-0.05, 0) is 30.7 Å². The van der Waals surface area contributed by atoms with Gasteiger partial charge in [-0.3, -0.25) is 9.59 Å². The van der Waals surface area contributed by atoms with Gasteiger partial charge in [0.05, 0.1) is 0 Å². The van der Waals surface area contributed by atoms with Gasteiger partial charge in [-0.15, -0.1) is 0 Å². The number of hydrogen-bond acceptors (Lipinski definition) is 4. The second kappa shape index (κ2) is 5.24. The van der Waals surface area contributed by atoms with Crippen molar-refractivity contribution >= 4 is 28.4 Å². The molecule has 0 saturated heterocycles. The molecule has 0 saturated carbocycles. The van der Waals surface area contributed by atoms with Crippen molar-refractivity contribution in [3.05, 3.63) is 35.6 Å². The van der Waals surface area contributed by atoms with E-state index < -0.39 is 5.24 Å². The third-order valence-electron chi connectivity index (χ3n) is 2.54. The van der Waals surface area contributed by atoms with Crippen LogP contribution in [-0.2, 0) is 4.79 Å². The third kappa shape index (κ3) is 2.82. The summed E-state index contributed by atoms with van der Waals surface area (Å²) >= 11 is 5.51. The fourth-order valence-electron chi connectivity index (χ4n) is 1.72. The van der Waals surface area contributed by atoms with E-state index in [1.807, 2.05) is 0 Å². The van der Waals surface area contributed by atoms with Crippen molar-refractivity contribution < 1.29 is 14.1 Å². The summed E-state index contributed by atoms with van der Waals surface area (Å²) in [6, 6.07) is 6.88. The second-order valence-electron chi connectivity index (χ2n) is 3.99. The molecule has 0 radical (unpaired) electrons. The van der Waals surface area contributed by atoms with E-state index >= 15 is 0 Å². The highest BCUT2D eigenvalue weighted by molar-refractivity contribution is 6.68. The van der Waals surface area contributed by atoms with Crippen molar-refractivity contribution in [1.82, 2.24) is 5.16 Å². The molecule has 6 heteroatoms. The molecule has 1 aromatic carbocycles. The first-order chi connectivity index (χ1) is 8.99. The van der Waals surface area contributed by atoms with E-state index in [0.29, 0.717) is 22.7 Å². The highest BCUT2D eigenvalue weighted by atomic mass is 35.5. The Morgan fingerprint density at radius 2 is 1.89 bits per heavy atom. The zero-order valence-electron chi connectivity index (χ0n) is 10.4. The molecule has 1 heterocycles. The van der Waals surface area contributed by atoms with Gasteiger partial charge in [0.1, 0.15) is 17.0 Å². The van der Waals surface area contributed by atoms with Crippen molar-refractivity contribution in [2.75, 3.05) is 5.32 Å². The Morgan fingerprint density at radius 3 is 2.42 bits per heavy atom. The van der Waals surface area contributed by atoms with E-state index in [9.17, 15) is 9.59 Å². The lowest BCUT2D eigenvalue weighted by Gasteiger charge is -2.03. The van der Waals surface area contributed by atoms with Gasteiger partial charge in [-0.2, -0.15) is 0 Å². The van der Waals surface area contributed by atoms with Crippen molar-refractivity contribution in [2.45, 2.75) is 13.8 Å². The van der Waals surface area contributed by atoms with Crippen LogP contribution in [0.25, 0.3) is 11.3 Å². The minimum atomic E-state index is -0.611. The number of rotatable bonds is 3. The van der Waals surface area contributed by atoms with Gasteiger partial charge in [-0.25, -0.2) is 0 Å². The Morgan fingerprint density at radius 1 is 1.26 bits per heavy atom. The van der Waals surface area contributed by atoms with Crippen LogP contribution >= 0.6 is 11.6 Å². The lowest BCUT2D eigenvalue weighted by molar-refractivity contribution is -0.114. The Hall–Kier alpha value is -2.14. The smallest absolute Gasteiger partial charge is 0.258 e. The second-order valence-corrected chi connectivity index (χ2v) is 4.34. The van der Waals surface area contributed by atoms with Crippen LogP contribution in [0.3, 0.4) is 0 Å². The largest absolute Gasteiger partial charge is 0.360 e. The van der Waals surface area contributed by atoms with Gasteiger partial charge in [0.25, 0.3) is 5.24 Å². The van der Waals surface area contributed by atoms with Crippen LogP contribution in [0, 0.1) is 6.92 Å². The van der Waals surface area contributed by atoms with E-state index in [1.54, 1.807) is 31.2 Å². The number of aryl methyl sites for hydroxylation is 1. The van der Waals surface area contributed by atoms with Gasteiger partial charge in [0, 0.05) is 18.2 Å². The number of hydrogen-bond donors (Lipinski definition) is 1.